The van der Waals surface area contributed by atoms with Gasteiger partial charge in [0.05, 0.1) is 11.5 Å². The van der Waals surface area contributed by atoms with Crippen molar-refractivity contribution >= 4 is 33.2 Å². The molecule has 35 heavy (non-hydrogen) atoms. The average Bonchev–Trinajstić information content (AvgIpc) is 2.79. The van der Waals surface area contributed by atoms with E-state index >= 15 is 0 Å². The highest BCUT2D eigenvalue weighted by atomic mass is 32.2. The average molecular weight is 499 g/mol. The molecule has 0 aliphatic heterocycles. The van der Waals surface area contributed by atoms with Gasteiger partial charge in [-0.3, -0.25) is 0 Å². The first-order valence-corrected chi connectivity index (χ1v) is 12.9. The Labute approximate surface area is 207 Å². The third-order valence-electron chi connectivity index (χ3n) is 4.77. The summed E-state index contributed by atoms with van der Waals surface area (Å²) in [6, 6.07) is 14.2. The van der Waals surface area contributed by atoms with E-state index < -0.39 is 15.6 Å². The van der Waals surface area contributed by atoms with Gasteiger partial charge in [0.1, 0.15) is 11.6 Å². The molecule has 1 aromatic heterocycles. The lowest BCUT2D eigenvalue weighted by Gasteiger charge is -2.20. The Morgan fingerprint density at radius 3 is 2.43 bits per heavy atom. The zero-order valence-corrected chi connectivity index (χ0v) is 21.7. The number of sulfonamides is 1. The summed E-state index contributed by atoms with van der Waals surface area (Å²) in [5, 5.41) is 9.49. The van der Waals surface area contributed by atoms with E-state index in [-0.39, 0.29) is 4.90 Å². The number of nitrogens with zero attached hydrogens (tertiary/aromatic N) is 2. The number of anilines is 4. The SMILES string of the molecule is CNCCCOc1ccc(Nc2ncc(C)c(Nc3cccc(S(=O)(=O)NC(C)(C)C)c3)n2)cc1. The minimum Gasteiger partial charge on any atom is -0.494 e. The van der Waals surface area contributed by atoms with Gasteiger partial charge in [0.15, 0.2) is 0 Å². The van der Waals surface area contributed by atoms with Gasteiger partial charge in [0.2, 0.25) is 16.0 Å². The molecule has 4 N–H and O–H groups in total. The van der Waals surface area contributed by atoms with Crippen LogP contribution in [-0.4, -0.2) is 44.1 Å². The van der Waals surface area contributed by atoms with Crippen LogP contribution in [0.5, 0.6) is 5.75 Å². The van der Waals surface area contributed by atoms with Crippen LogP contribution in [0.25, 0.3) is 0 Å². The van der Waals surface area contributed by atoms with Crippen LogP contribution in [0.4, 0.5) is 23.1 Å². The number of rotatable bonds is 11. The smallest absolute Gasteiger partial charge is 0.241 e. The first kappa shape index (κ1) is 26.4. The van der Waals surface area contributed by atoms with Gasteiger partial charge < -0.3 is 20.7 Å². The predicted octanol–water partition coefficient (Wildman–Crippen LogP) is 4.34. The van der Waals surface area contributed by atoms with Crippen LogP contribution in [-0.2, 0) is 10.0 Å². The molecule has 0 radical (unpaired) electrons. The van der Waals surface area contributed by atoms with E-state index in [4.69, 9.17) is 4.74 Å². The van der Waals surface area contributed by atoms with Crippen LogP contribution in [0, 0.1) is 6.92 Å². The lowest BCUT2D eigenvalue weighted by Crippen LogP contribution is -2.40. The standard InChI is InChI=1S/C25H34N6O3S/c1-18-17-27-24(29-19-10-12-21(13-11-19)34-15-7-14-26-5)30-23(18)28-20-8-6-9-22(16-20)35(32,33)31-25(2,3)4/h6,8-13,16-17,26,31H,7,14-15H2,1-5H3,(H2,27,28,29,30). The Morgan fingerprint density at radius 1 is 1.00 bits per heavy atom. The van der Waals surface area contributed by atoms with Crippen molar-refractivity contribution in [1.82, 2.24) is 20.0 Å². The molecule has 0 saturated heterocycles. The van der Waals surface area contributed by atoms with Gasteiger partial charge in [-0.1, -0.05) is 6.07 Å². The molecule has 0 aliphatic carbocycles. The van der Waals surface area contributed by atoms with E-state index in [1.54, 1.807) is 51.2 Å². The Bertz CT molecular complexity index is 1220. The van der Waals surface area contributed by atoms with Gasteiger partial charge in [0, 0.05) is 28.7 Å². The molecule has 3 aromatic rings. The summed E-state index contributed by atoms with van der Waals surface area (Å²) in [6.45, 7) is 8.85. The summed E-state index contributed by atoms with van der Waals surface area (Å²) in [4.78, 5) is 9.11. The molecule has 10 heteroatoms. The first-order valence-electron chi connectivity index (χ1n) is 11.4. The van der Waals surface area contributed by atoms with Crippen molar-refractivity contribution < 1.29 is 13.2 Å². The molecule has 0 unspecified atom stereocenters. The van der Waals surface area contributed by atoms with E-state index in [0.717, 1.165) is 30.0 Å². The van der Waals surface area contributed by atoms with Crippen LogP contribution in [0.1, 0.15) is 32.8 Å². The fourth-order valence-corrected chi connectivity index (χ4v) is 4.63. The molecular formula is C25H34N6O3S. The number of hydrogen-bond acceptors (Lipinski definition) is 8. The lowest BCUT2D eigenvalue weighted by molar-refractivity contribution is 0.310. The molecule has 1 heterocycles. The molecular weight excluding hydrogens is 464 g/mol. The van der Waals surface area contributed by atoms with E-state index in [1.807, 2.05) is 38.2 Å². The topological polar surface area (TPSA) is 117 Å². The Kier molecular flexibility index (Phi) is 8.66. The molecule has 0 atom stereocenters. The highest BCUT2D eigenvalue weighted by Gasteiger charge is 2.22. The summed E-state index contributed by atoms with van der Waals surface area (Å²) in [6.07, 6.45) is 2.64. The number of benzene rings is 2. The fraction of sp³-hybridized carbons (Fsp3) is 0.360. The van der Waals surface area contributed by atoms with E-state index in [2.05, 4.69) is 30.6 Å². The van der Waals surface area contributed by atoms with Crippen molar-refractivity contribution in [3.8, 4) is 5.75 Å². The molecule has 0 spiro atoms. The molecule has 9 nitrogen and oxygen atoms in total. The summed E-state index contributed by atoms with van der Waals surface area (Å²) < 4.78 is 33.8. The van der Waals surface area contributed by atoms with Crippen molar-refractivity contribution in [2.24, 2.45) is 0 Å². The third kappa shape index (κ3) is 8.20. The zero-order valence-electron chi connectivity index (χ0n) is 20.8. The summed E-state index contributed by atoms with van der Waals surface area (Å²) >= 11 is 0. The maximum absolute atomic E-state index is 12.7. The molecule has 0 aliphatic rings. The van der Waals surface area contributed by atoms with Gasteiger partial charge in [-0.25, -0.2) is 18.1 Å². The summed E-state index contributed by atoms with van der Waals surface area (Å²) in [5.41, 5.74) is 1.67. The minimum atomic E-state index is -3.65. The highest BCUT2D eigenvalue weighted by molar-refractivity contribution is 7.89. The van der Waals surface area contributed by atoms with Crippen molar-refractivity contribution in [2.45, 2.75) is 44.6 Å². The van der Waals surface area contributed by atoms with Gasteiger partial charge in [-0.05, 0) is 90.2 Å². The second kappa shape index (κ2) is 11.5. The number of aromatic nitrogens is 2. The maximum atomic E-state index is 12.7. The number of hydrogen-bond donors (Lipinski definition) is 4. The van der Waals surface area contributed by atoms with Gasteiger partial charge in [-0.2, -0.15) is 4.98 Å². The quantitative estimate of drug-likeness (QED) is 0.289. The molecule has 0 bridgehead atoms. The Hall–Kier alpha value is -3.21. The molecule has 0 amide bonds. The number of aryl methyl sites for hydroxylation is 1. The fourth-order valence-electron chi connectivity index (χ4n) is 3.17. The van der Waals surface area contributed by atoms with Crippen molar-refractivity contribution in [1.29, 1.82) is 0 Å². The van der Waals surface area contributed by atoms with Crippen LogP contribution in [0.2, 0.25) is 0 Å². The highest BCUT2D eigenvalue weighted by Crippen LogP contribution is 2.24. The van der Waals surface area contributed by atoms with Gasteiger partial charge in [-0.15, -0.1) is 0 Å². The van der Waals surface area contributed by atoms with E-state index in [9.17, 15) is 8.42 Å². The van der Waals surface area contributed by atoms with Crippen molar-refractivity contribution in [2.75, 3.05) is 30.8 Å². The number of ether oxygens (including phenoxy) is 1. The zero-order chi connectivity index (χ0) is 25.5. The van der Waals surface area contributed by atoms with Crippen molar-refractivity contribution in [3.63, 3.8) is 0 Å². The Balaban J connectivity index is 1.70. The van der Waals surface area contributed by atoms with Gasteiger partial charge in [0.25, 0.3) is 0 Å². The van der Waals surface area contributed by atoms with Crippen LogP contribution in [0.3, 0.4) is 0 Å². The third-order valence-corrected chi connectivity index (χ3v) is 6.53. The molecule has 0 fully saturated rings. The Morgan fingerprint density at radius 2 is 1.74 bits per heavy atom. The molecule has 2 aromatic carbocycles. The van der Waals surface area contributed by atoms with E-state index in [1.165, 1.54) is 0 Å². The molecule has 3 rings (SSSR count). The van der Waals surface area contributed by atoms with Gasteiger partial charge >= 0.3 is 0 Å². The summed E-state index contributed by atoms with van der Waals surface area (Å²) in [7, 11) is -1.73. The molecule has 0 saturated carbocycles. The van der Waals surface area contributed by atoms with Crippen molar-refractivity contribution in [3.05, 3.63) is 60.3 Å². The van der Waals surface area contributed by atoms with Crippen LogP contribution >= 0.6 is 0 Å². The van der Waals surface area contributed by atoms with Crippen LogP contribution < -0.4 is 25.4 Å². The second-order valence-electron chi connectivity index (χ2n) is 9.19. The lowest BCUT2D eigenvalue weighted by atomic mass is 10.1. The first-order chi connectivity index (χ1) is 16.6. The predicted molar refractivity (Wildman–Crippen MR) is 140 cm³/mol. The van der Waals surface area contributed by atoms with Crippen LogP contribution in [0.15, 0.2) is 59.6 Å². The normalized spacial score (nSPS) is 11.8. The molecule has 188 valence electrons. The van der Waals surface area contributed by atoms with E-state index in [0.29, 0.717) is 24.1 Å². The number of nitrogens with one attached hydrogen (secondary N) is 4. The monoisotopic (exact) mass is 498 g/mol. The minimum absolute atomic E-state index is 0.177. The maximum Gasteiger partial charge on any atom is 0.241 e. The largest absolute Gasteiger partial charge is 0.494 e. The summed E-state index contributed by atoms with van der Waals surface area (Å²) in [5.74, 6) is 1.79. The second-order valence-corrected chi connectivity index (χ2v) is 10.9.